The minimum atomic E-state index is -0.975. The first-order valence-electron chi connectivity index (χ1n) is 11.9. The van der Waals surface area contributed by atoms with Gasteiger partial charge >= 0.3 is 6.03 Å². The number of carbonyl (C=O) groups excluding carboxylic acids is 3. The molecule has 188 valence electrons. The van der Waals surface area contributed by atoms with Crippen molar-refractivity contribution in [2.45, 2.75) is 38.3 Å². The molecular weight excluding hydrogens is 458 g/mol. The number of hydrogen-bond acceptors (Lipinski definition) is 6. The zero-order valence-electron chi connectivity index (χ0n) is 20.7. The van der Waals surface area contributed by atoms with Gasteiger partial charge in [0, 0.05) is 26.5 Å². The number of urea groups is 1. The summed E-state index contributed by atoms with van der Waals surface area (Å²) in [5.74, 6) is -0.742. The maximum atomic E-state index is 13.6. The van der Waals surface area contributed by atoms with Gasteiger partial charge in [-0.05, 0) is 36.1 Å². The summed E-state index contributed by atoms with van der Waals surface area (Å²) in [5.41, 5.74) is 7.52. The number of amides is 4. The van der Waals surface area contributed by atoms with E-state index in [1.165, 1.54) is 4.90 Å². The highest BCUT2D eigenvalue weighted by Gasteiger charge is 2.55. The number of nitrogens with zero attached hydrogens (tertiary/aromatic N) is 5. The molecule has 3 aromatic rings. The zero-order chi connectivity index (χ0) is 25.8. The van der Waals surface area contributed by atoms with E-state index >= 15 is 0 Å². The number of benzene rings is 1. The first-order valence-corrected chi connectivity index (χ1v) is 11.9. The van der Waals surface area contributed by atoms with Crippen LogP contribution < -0.4 is 16.0 Å². The quantitative estimate of drug-likeness (QED) is 0.469. The number of hydrogen-bond donors (Lipinski definition) is 2. The highest BCUT2D eigenvalue weighted by Crippen LogP contribution is 2.33. The third kappa shape index (κ3) is 5.07. The molecule has 0 radical (unpaired) electrons. The van der Waals surface area contributed by atoms with Crippen molar-refractivity contribution >= 4 is 29.5 Å². The van der Waals surface area contributed by atoms with Gasteiger partial charge in [-0.3, -0.25) is 19.4 Å². The van der Waals surface area contributed by atoms with Crippen molar-refractivity contribution in [3.05, 3.63) is 72.3 Å². The van der Waals surface area contributed by atoms with Gasteiger partial charge in [0.05, 0.1) is 18.3 Å². The number of rotatable bonds is 8. The number of likely N-dealkylation sites (N-methyl/N-ethyl adjacent to an activating group) is 1. The number of imidazole rings is 1. The lowest BCUT2D eigenvalue weighted by Gasteiger charge is -2.45. The van der Waals surface area contributed by atoms with Crippen LogP contribution in [0.15, 0.2) is 61.2 Å². The van der Waals surface area contributed by atoms with Crippen molar-refractivity contribution in [3.8, 4) is 0 Å². The second kappa shape index (κ2) is 10.6. The van der Waals surface area contributed by atoms with Crippen LogP contribution in [0.25, 0.3) is 0 Å². The molecule has 1 saturated heterocycles. The van der Waals surface area contributed by atoms with Crippen molar-refractivity contribution < 1.29 is 14.4 Å². The van der Waals surface area contributed by atoms with Gasteiger partial charge in [0.15, 0.2) is 5.82 Å². The Morgan fingerprint density at radius 2 is 1.94 bits per heavy atom. The Labute approximate surface area is 210 Å². The number of β-lactam (4-membered cyclic amide) rings is 1. The minimum Gasteiger partial charge on any atom is -0.384 e. The second-order valence-electron chi connectivity index (χ2n) is 9.05. The Kier molecular flexibility index (Phi) is 7.33. The largest absolute Gasteiger partial charge is 0.384 e. The van der Waals surface area contributed by atoms with Gasteiger partial charge in [0.1, 0.15) is 11.9 Å². The lowest BCUT2D eigenvalue weighted by molar-refractivity contribution is -0.156. The van der Waals surface area contributed by atoms with Crippen molar-refractivity contribution in [1.82, 2.24) is 24.8 Å². The second-order valence-corrected chi connectivity index (χ2v) is 9.05. The van der Waals surface area contributed by atoms with Crippen LogP contribution in [-0.4, -0.2) is 50.4 Å². The van der Waals surface area contributed by atoms with Crippen molar-refractivity contribution in [1.29, 1.82) is 0 Å². The summed E-state index contributed by atoms with van der Waals surface area (Å²) >= 11 is 0. The topological polar surface area (TPSA) is 126 Å². The van der Waals surface area contributed by atoms with Gasteiger partial charge in [-0.1, -0.05) is 43.7 Å². The molecule has 0 aliphatic carbocycles. The number of imide groups is 1. The first-order chi connectivity index (χ1) is 17.3. The summed E-state index contributed by atoms with van der Waals surface area (Å²) in [7, 11) is 3.39. The molecule has 3 heterocycles. The predicted octanol–water partition coefficient (Wildman–Crippen LogP) is 2.68. The van der Waals surface area contributed by atoms with Crippen LogP contribution in [0.1, 0.15) is 36.9 Å². The summed E-state index contributed by atoms with van der Waals surface area (Å²) < 4.78 is 1.72. The number of pyridine rings is 1. The van der Waals surface area contributed by atoms with Gasteiger partial charge in [-0.25, -0.2) is 14.8 Å². The predicted molar refractivity (Wildman–Crippen MR) is 136 cm³/mol. The molecule has 3 atom stereocenters. The number of aryl methyl sites for hydroxylation is 1. The van der Waals surface area contributed by atoms with E-state index in [4.69, 9.17) is 5.73 Å². The number of nitrogen functional groups attached to an aromatic ring is 1. The van der Waals surface area contributed by atoms with E-state index in [0.717, 1.165) is 22.4 Å². The molecule has 0 spiro atoms. The number of aromatic nitrogens is 3. The van der Waals surface area contributed by atoms with Crippen LogP contribution in [0.2, 0.25) is 0 Å². The van der Waals surface area contributed by atoms with Crippen molar-refractivity contribution in [3.63, 3.8) is 0 Å². The van der Waals surface area contributed by atoms with E-state index in [1.807, 2.05) is 37.3 Å². The van der Waals surface area contributed by atoms with Crippen LogP contribution in [0, 0.1) is 5.92 Å². The molecule has 0 bridgehead atoms. The summed E-state index contributed by atoms with van der Waals surface area (Å²) in [6.45, 7) is 2.03. The fraction of sp³-hybridized carbons (Fsp3) is 0.346. The van der Waals surface area contributed by atoms with Crippen molar-refractivity contribution in [2.75, 3.05) is 17.7 Å². The highest BCUT2D eigenvalue weighted by atomic mass is 16.2. The van der Waals surface area contributed by atoms with E-state index in [-0.39, 0.29) is 18.4 Å². The Balaban J connectivity index is 1.60. The SMILES string of the molecule is CCC[C@@H](NC(=O)N1C(=O)[C@H](Cc2ccnc(N)c2)[C@H]1C(=O)N(C)c1cn(C)cn1)c1ccccc1. The van der Waals surface area contributed by atoms with Crippen LogP contribution in [0.5, 0.6) is 0 Å². The highest BCUT2D eigenvalue weighted by molar-refractivity contribution is 6.12. The Morgan fingerprint density at radius 1 is 1.19 bits per heavy atom. The van der Waals surface area contributed by atoms with E-state index in [9.17, 15) is 14.4 Å². The Morgan fingerprint density at radius 3 is 2.58 bits per heavy atom. The number of nitrogens with one attached hydrogen (secondary N) is 1. The summed E-state index contributed by atoms with van der Waals surface area (Å²) in [4.78, 5) is 50.9. The molecule has 4 rings (SSSR count). The van der Waals surface area contributed by atoms with E-state index in [2.05, 4.69) is 15.3 Å². The summed E-state index contributed by atoms with van der Waals surface area (Å²) in [6, 6.07) is 11.2. The van der Waals surface area contributed by atoms with E-state index in [0.29, 0.717) is 18.1 Å². The van der Waals surface area contributed by atoms with Gasteiger partial charge in [0.2, 0.25) is 5.91 Å². The molecule has 3 N–H and O–H groups in total. The normalized spacial score (nSPS) is 17.9. The van der Waals surface area contributed by atoms with Crippen LogP contribution in [0.3, 0.4) is 0 Å². The summed E-state index contributed by atoms with van der Waals surface area (Å²) in [6.07, 6.45) is 6.65. The van der Waals surface area contributed by atoms with Gasteiger partial charge < -0.3 is 15.6 Å². The number of likely N-dealkylation sites (tertiary alicyclic amines) is 1. The molecule has 1 aliphatic rings. The van der Waals surface area contributed by atoms with E-state index < -0.39 is 23.9 Å². The monoisotopic (exact) mass is 489 g/mol. The lowest BCUT2D eigenvalue weighted by atomic mass is 9.81. The number of nitrogens with two attached hydrogens (primary N) is 1. The molecule has 0 unspecified atom stereocenters. The molecule has 2 aromatic heterocycles. The molecule has 4 amide bonds. The average molecular weight is 490 g/mol. The molecule has 10 nitrogen and oxygen atoms in total. The number of carbonyl (C=O) groups is 3. The third-order valence-corrected chi connectivity index (χ3v) is 6.43. The molecule has 36 heavy (non-hydrogen) atoms. The molecule has 1 fully saturated rings. The zero-order valence-corrected chi connectivity index (χ0v) is 20.7. The summed E-state index contributed by atoms with van der Waals surface area (Å²) in [5, 5.41) is 2.97. The third-order valence-electron chi connectivity index (χ3n) is 6.43. The smallest absolute Gasteiger partial charge is 0.325 e. The molecular formula is C26H31N7O3. The van der Waals surface area contributed by atoms with Gasteiger partial charge in [-0.15, -0.1) is 0 Å². The van der Waals surface area contributed by atoms with Crippen LogP contribution in [-0.2, 0) is 23.1 Å². The Hall–Kier alpha value is -4.21. The molecule has 1 aliphatic heterocycles. The van der Waals surface area contributed by atoms with Gasteiger partial charge in [0.25, 0.3) is 5.91 Å². The fourth-order valence-electron chi connectivity index (χ4n) is 4.53. The van der Waals surface area contributed by atoms with Crippen molar-refractivity contribution in [2.24, 2.45) is 13.0 Å². The maximum Gasteiger partial charge on any atom is 0.325 e. The maximum absolute atomic E-state index is 13.6. The van der Waals surface area contributed by atoms with E-state index in [1.54, 1.807) is 49.5 Å². The molecule has 10 heteroatoms. The average Bonchev–Trinajstić information content (AvgIpc) is 3.31. The van der Waals surface area contributed by atoms with Gasteiger partial charge in [-0.2, -0.15) is 0 Å². The molecule has 0 saturated carbocycles. The Bertz CT molecular complexity index is 1240. The van der Waals surface area contributed by atoms with Crippen LogP contribution >= 0.6 is 0 Å². The number of anilines is 2. The lowest BCUT2D eigenvalue weighted by Crippen LogP contribution is -2.70. The minimum absolute atomic E-state index is 0.263. The van der Waals surface area contributed by atoms with Crippen LogP contribution in [0.4, 0.5) is 16.4 Å². The molecule has 1 aromatic carbocycles. The standard InChI is InChI=1S/C26H31N7O3/c1-4-8-20(18-9-6-5-7-10-18)30-26(36)33-23(25(35)32(3)22-15-31(2)16-29-22)19(24(33)34)13-17-11-12-28-21(27)14-17/h5-7,9-12,14-16,19-20,23H,4,8,13H2,1-3H3,(H2,27,28)(H,30,36)/t19-,20-,23+/m1/s1. The fourth-order valence-corrected chi connectivity index (χ4v) is 4.53. The first kappa shape index (κ1) is 24.9.